The van der Waals surface area contributed by atoms with E-state index in [9.17, 15) is 4.79 Å². The number of amides is 1. The van der Waals surface area contributed by atoms with E-state index in [2.05, 4.69) is 51.9 Å². The lowest BCUT2D eigenvalue weighted by Gasteiger charge is -2.48. The summed E-state index contributed by atoms with van der Waals surface area (Å²) in [6.07, 6.45) is -0.322. The fraction of sp³-hybridized carbons (Fsp3) is 0.632. The zero-order chi connectivity index (χ0) is 18.2. The molecule has 25 heavy (non-hydrogen) atoms. The van der Waals surface area contributed by atoms with Crippen LogP contribution in [-0.2, 0) is 20.8 Å². The molecule has 1 aromatic rings. The molecular weight excluding hydrogens is 431 g/mol. The smallest absolute Gasteiger partial charge is 0.239 e. The summed E-state index contributed by atoms with van der Waals surface area (Å²) in [5, 5.41) is 2.83. The van der Waals surface area contributed by atoms with Crippen LogP contribution < -0.4 is 5.32 Å². The van der Waals surface area contributed by atoms with Crippen LogP contribution in [0.3, 0.4) is 0 Å². The van der Waals surface area contributed by atoms with Gasteiger partial charge in [0.05, 0.1) is 6.10 Å². The number of halogens is 1. The second kappa shape index (κ2) is 7.50. The third-order valence-corrected chi connectivity index (χ3v) is 6.17. The molecule has 0 bridgehead atoms. The van der Waals surface area contributed by atoms with E-state index in [0.717, 1.165) is 11.0 Å². The van der Waals surface area contributed by atoms with Crippen molar-refractivity contribution in [3.63, 3.8) is 0 Å². The fourth-order valence-corrected chi connectivity index (χ4v) is 5.38. The second-order valence-corrected chi connectivity index (χ2v) is 8.24. The molecule has 0 unspecified atom stereocenters. The number of piperidine rings is 1. The van der Waals surface area contributed by atoms with Crippen LogP contribution in [0, 0.1) is 5.92 Å². The molecule has 1 amide bonds. The summed E-state index contributed by atoms with van der Waals surface area (Å²) in [7, 11) is 1.69. The van der Waals surface area contributed by atoms with Gasteiger partial charge in [-0.05, 0) is 19.4 Å². The Balaban J connectivity index is 1.98. The summed E-state index contributed by atoms with van der Waals surface area (Å²) in [5.41, 5.74) is 1.20. The van der Waals surface area contributed by atoms with Crippen LogP contribution in [-0.4, -0.2) is 52.4 Å². The number of likely N-dealkylation sites (N-methyl/N-ethyl adjacent to an activating group) is 1. The molecular formula is C19H27IN2O3. The van der Waals surface area contributed by atoms with Crippen molar-refractivity contribution in [2.24, 2.45) is 5.92 Å². The van der Waals surface area contributed by atoms with Gasteiger partial charge in [0.2, 0.25) is 5.91 Å². The number of nitrogens with one attached hydrogen (secondary N) is 1. The van der Waals surface area contributed by atoms with Gasteiger partial charge in [-0.1, -0.05) is 59.8 Å². The summed E-state index contributed by atoms with van der Waals surface area (Å²) >= 11 is 2.42. The first-order valence-corrected chi connectivity index (χ1v) is 10.3. The van der Waals surface area contributed by atoms with Crippen LogP contribution in [0.5, 0.6) is 0 Å². The number of hydrogen-bond acceptors (Lipinski definition) is 4. The third-order valence-electron chi connectivity index (χ3n) is 5.26. The number of benzene rings is 1. The van der Waals surface area contributed by atoms with Crippen molar-refractivity contribution in [2.75, 3.05) is 11.5 Å². The van der Waals surface area contributed by atoms with Crippen molar-refractivity contribution in [1.82, 2.24) is 10.2 Å². The molecule has 1 N–H and O–H groups in total. The average Bonchev–Trinajstić information content (AvgIpc) is 2.91. The van der Waals surface area contributed by atoms with E-state index in [4.69, 9.17) is 9.47 Å². The Hall–Kier alpha value is -0.700. The number of ether oxygens (including phenoxy) is 2. The van der Waals surface area contributed by atoms with Crippen LogP contribution in [0.1, 0.15) is 26.3 Å². The molecule has 2 aliphatic heterocycles. The lowest BCUT2D eigenvalue weighted by Crippen LogP contribution is -2.66. The molecule has 2 fully saturated rings. The molecule has 3 rings (SSSR count). The molecule has 5 atom stereocenters. The molecule has 6 heteroatoms. The van der Waals surface area contributed by atoms with E-state index in [1.165, 1.54) is 5.56 Å². The zero-order valence-electron chi connectivity index (χ0n) is 15.2. The molecule has 2 saturated heterocycles. The largest absolute Gasteiger partial charge is 0.358 e. The second-order valence-electron chi connectivity index (χ2n) is 7.36. The number of hydrogen-bond donors (Lipinski definition) is 1. The highest BCUT2D eigenvalue weighted by Gasteiger charge is 2.57. The van der Waals surface area contributed by atoms with Gasteiger partial charge in [0.15, 0.2) is 5.79 Å². The maximum absolute atomic E-state index is 12.8. The number of alkyl halides is 1. The van der Waals surface area contributed by atoms with Crippen LogP contribution in [0.2, 0.25) is 0 Å². The predicted octanol–water partition coefficient (Wildman–Crippen LogP) is 2.58. The first-order chi connectivity index (χ1) is 11.9. The zero-order valence-corrected chi connectivity index (χ0v) is 17.4. The van der Waals surface area contributed by atoms with Crippen LogP contribution in [0.25, 0.3) is 0 Å². The number of likely N-dealkylation sites (tertiary alicyclic amines) is 1. The number of carbonyl (C=O) groups excluding carboxylic acids is 1. The van der Waals surface area contributed by atoms with E-state index in [0.29, 0.717) is 0 Å². The van der Waals surface area contributed by atoms with E-state index in [-0.39, 0.29) is 36.1 Å². The maximum atomic E-state index is 12.8. The van der Waals surface area contributed by atoms with E-state index in [1.807, 2.05) is 32.0 Å². The van der Waals surface area contributed by atoms with Gasteiger partial charge in [0, 0.05) is 30.0 Å². The van der Waals surface area contributed by atoms with E-state index >= 15 is 0 Å². The highest BCUT2D eigenvalue weighted by molar-refractivity contribution is 14.1. The van der Waals surface area contributed by atoms with Crippen molar-refractivity contribution in [3.8, 4) is 0 Å². The van der Waals surface area contributed by atoms with Crippen molar-refractivity contribution in [2.45, 2.75) is 57.4 Å². The highest BCUT2D eigenvalue weighted by atomic mass is 127. The average molecular weight is 458 g/mol. The number of rotatable bonds is 4. The molecule has 138 valence electrons. The van der Waals surface area contributed by atoms with Gasteiger partial charge in [0.1, 0.15) is 12.1 Å². The highest BCUT2D eigenvalue weighted by Crippen LogP contribution is 2.42. The first kappa shape index (κ1) is 19.1. The molecule has 5 nitrogen and oxygen atoms in total. The Morgan fingerprint density at radius 2 is 1.88 bits per heavy atom. The SMILES string of the molecule is CNC(=O)[C@@H]1[C@H]2OC(C)(C)O[C@H]2[C@H](C)[C@@H](CI)N1Cc1ccccc1. The molecule has 1 aromatic carbocycles. The van der Waals surface area contributed by atoms with Crippen LogP contribution in [0.4, 0.5) is 0 Å². The van der Waals surface area contributed by atoms with Crippen molar-refractivity contribution in [1.29, 1.82) is 0 Å². The molecule has 0 spiro atoms. The van der Waals surface area contributed by atoms with E-state index in [1.54, 1.807) is 7.05 Å². The van der Waals surface area contributed by atoms with Crippen molar-refractivity contribution in [3.05, 3.63) is 35.9 Å². The molecule has 0 aromatic heterocycles. The van der Waals surface area contributed by atoms with Gasteiger partial charge < -0.3 is 14.8 Å². The lowest BCUT2D eigenvalue weighted by atomic mass is 9.82. The normalized spacial score (nSPS) is 34.5. The quantitative estimate of drug-likeness (QED) is 0.557. The summed E-state index contributed by atoms with van der Waals surface area (Å²) in [6, 6.07) is 10.2. The van der Waals surface area contributed by atoms with Gasteiger partial charge >= 0.3 is 0 Å². The number of fused-ring (bicyclic) bond motifs is 1. The molecule has 0 aliphatic carbocycles. The minimum Gasteiger partial charge on any atom is -0.358 e. The van der Waals surface area contributed by atoms with Gasteiger partial charge in [-0.2, -0.15) is 0 Å². The summed E-state index contributed by atoms with van der Waals surface area (Å²) in [6.45, 7) is 6.80. The fourth-order valence-electron chi connectivity index (χ4n) is 4.07. The first-order valence-electron chi connectivity index (χ1n) is 8.81. The lowest BCUT2D eigenvalue weighted by molar-refractivity contribution is -0.153. The monoisotopic (exact) mass is 458 g/mol. The Kier molecular flexibility index (Phi) is 5.72. The van der Waals surface area contributed by atoms with Gasteiger partial charge in [0.25, 0.3) is 0 Å². The minimum atomic E-state index is -0.658. The van der Waals surface area contributed by atoms with E-state index < -0.39 is 5.79 Å². The topological polar surface area (TPSA) is 50.8 Å². The standard InChI is InChI=1S/C19H27IN2O3/c1-12-14(10-20)22(11-13-8-6-5-7-9-13)15(18(23)21-4)17-16(12)24-19(2,3)25-17/h5-9,12,14-17H,10-11H2,1-4H3,(H,21,23)/t12-,14-,15+,16+,17-/m1/s1. The summed E-state index contributed by atoms with van der Waals surface area (Å²) < 4.78 is 13.3. The molecule has 0 saturated carbocycles. The summed E-state index contributed by atoms with van der Waals surface area (Å²) in [4.78, 5) is 15.1. The van der Waals surface area contributed by atoms with Crippen molar-refractivity contribution < 1.29 is 14.3 Å². The predicted molar refractivity (Wildman–Crippen MR) is 106 cm³/mol. The Labute approximate surface area is 163 Å². The van der Waals surface area contributed by atoms with Gasteiger partial charge in [-0.25, -0.2) is 0 Å². The Morgan fingerprint density at radius 3 is 2.48 bits per heavy atom. The number of nitrogens with zero attached hydrogens (tertiary/aromatic N) is 1. The Bertz CT molecular complexity index is 610. The molecule has 2 heterocycles. The van der Waals surface area contributed by atoms with Gasteiger partial charge in [-0.3, -0.25) is 9.69 Å². The molecule has 2 aliphatic rings. The van der Waals surface area contributed by atoms with Gasteiger partial charge in [-0.15, -0.1) is 0 Å². The van der Waals surface area contributed by atoms with Crippen LogP contribution in [0.15, 0.2) is 30.3 Å². The summed E-state index contributed by atoms with van der Waals surface area (Å²) in [5.74, 6) is -0.378. The Morgan fingerprint density at radius 1 is 1.24 bits per heavy atom. The van der Waals surface area contributed by atoms with Crippen LogP contribution >= 0.6 is 22.6 Å². The molecule has 0 radical (unpaired) electrons. The number of carbonyl (C=O) groups is 1. The third kappa shape index (κ3) is 3.72. The minimum absolute atomic E-state index is 0.00557. The maximum Gasteiger partial charge on any atom is 0.239 e. The van der Waals surface area contributed by atoms with Crippen molar-refractivity contribution >= 4 is 28.5 Å².